The SMILES string of the molecule is CC1(C)CCCC(N=C(N)C2CCCC2)C1. The van der Waals surface area contributed by atoms with E-state index in [4.69, 9.17) is 10.7 Å². The first-order valence-electron chi connectivity index (χ1n) is 6.90. The minimum Gasteiger partial charge on any atom is -0.387 e. The van der Waals surface area contributed by atoms with Gasteiger partial charge in [0, 0.05) is 5.92 Å². The van der Waals surface area contributed by atoms with E-state index in [1.54, 1.807) is 0 Å². The lowest BCUT2D eigenvalue weighted by Crippen LogP contribution is -2.29. The lowest BCUT2D eigenvalue weighted by atomic mass is 9.75. The standard InChI is InChI=1S/C14H26N2/c1-14(2)9-5-8-12(10-14)16-13(15)11-6-3-4-7-11/h11-12H,3-10H2,1-2H3,(H2,15,16). The molecule has 0 radical (unpaired) electrons. The van der Waals surface area contributed by atoms with Gasteiger partial charge in [0.2, 0.25) is 0 Å². The number of nitrogens with two attached hydrogens (primary N) is 1. The maximum atomic E-state index is 6.15. The first-order valence-corrected chi connectivity index (χ1v) is 6.90. The Bertz CT molecular complexity index is 262. The Labute approximate surface area is 99.7 Å². The van der Waals surface area contributed by atoms with Crippen molar-refractivity contribution in [2.75, 3.05) is 0 Å². The Balaban J connectivity index is 1.94. The van der Waals surface area contributed by atoms with Gasteiger partial charge in [0.05, 0.1) is 11.9 Å². The number of hydrogen-bond acceptors (Lipinski definition) is 1. The van der Waals surface area contributed by atoms with Crippen LogP contribution in [0.1, 0.15) is 65.2 Å². The van der Waals surface area contributed by atoms with Crippen molar-refractivity contribution in [3.05, 3.63) is 0 Å². The molecule has 92 valence electrons. The number of aliphatic imine (C=N–C) groups is 1. The van der Waals surface area contributed by atoms with Crippen LogP contribution >= 0.6 is 0 Å². The van der Waals surface area contributed by atoms with Gasteiger partial charge in [0.1, 0.15) is 0 Å². The minimum absolute atomic E-state index is 0.475. The Hall–Kier alpha value is -0.530. The van der Waals surface area contributed by atoms with Crippen molar-refractivity contribution in [3.8, 4) is 0 Å². The van der Waals surface area contributed by atoms with Gasteiger partial charge in [-0.25, -0.2) is 0 Å². The van der Waals surface area contributed by atoms with Gasteiger partial charge < -0.3 is 5.73 Å². The molecule has 1 atom stereocenters. The molecule has 2 N–H and O–H groups in total. The van der Waals surface area contributed by atoms with Crippen molar-refractivity contribution in [2.24, 2.45) is 22.1 Å². The molecule has 2 saturated carbocycles. The zero-order chi connectivity index (χ0) is 11.6. The van der Waals surface area contributed by atoms with E-state index in [0.717, 1.165) is 5.84 Å². The summed E-state index contributed by atoms with van der Waals surface area (Å²) in [5.41, 5.74) is 6.62. The van der Waals surface area contributed by atoms with Crippen LogP contribution in [0.3, 0.4) is 0 Å². The van der Waals surface area contributed by atoms with E-state index < -0.39 is 0 Å². The van der Waals surface area contributed by atoms with E-state index in [-0.39, 0.29) is 0 Å². The molecular formula is C14H26N2. The molecule has 2 nitrogen and oxygen atoms in total. The molecule has 0 saturated heterocycles. The first kappa shape index (κ1) is 11.9. The van der Waals surface area contributed by atoms with Gasteiger partial charge in [-0.3, -0.25) is 4.99 Å². The highest BCUT2D eigenvalue weighted by Crippen LogP contribution is 2.37. The zero-order valence-electron chi connectivity index (χ0n) is 10.8. The molecule has 2 aliphatic rings. The summed E-state index contributed by atoms with van der Waals surface area (Å²) in [6.45, 7) is 4.72. The van der Waals surface area contributed by atoms with E-state index >= 15 is 0 Å². The summed E-state index contributed by atoms with van der Waals surface area (Å²) in [5.74, 6) is 1.56. The van der Waals surface area contributed by atoms with E-state index in [2.05, 4.69) is 13.8 Å². The third kappa shape index (κ3) is 2.99. The smallest absolute Gasteiger partial charge is 0.0971 e. The molecule has 16 heavy (non-hydrogen) atoms. The lowest BCUT2D eigenvalue weighted by molar-refractivity contribution is 0.221. The Kier molecular flexibility index (Phi) is 3.56. The predicted molar refractivity (Wildman–Crippen MR) is 69.6 cm³/mol. The Morgan fingerprint density at radius 2 is 1.81 bits per heavy atom. The second-order valence-corrected chi connectivity index (χ2v) is 6.45. The first-order chi connectivity index (χ1) is 7.57. The molecule has 2 fully saturated rings. The van der Waals surface area contributed by atoms with Crippen LogP contribution < -0.4 is 5.73 Å². The third-order valence-electron chi connectivity index (χ3n) is 4.28. The Morgan fingerprint density at radius 3 is 2.44 bits per heavy atom. The van der Waals surface area contributed by atoms with Crippen LogP contribution in [0, 0.1) is 11.3 Å². The quantitative estimate of drug-likeness (QED) is 0.563. The van der Waals surface area contributed by atoms with Crippen LogP contribution in [0.2, 0.25) is 0 Å². The fourth-order valence-corrected chi connectivity index (χ4v) is 3.31. The van der Waals surface area contributed by atoms with Gasteiger partial charge in [-0.2, -0.15) is 0 Å². The van der Waals surface area contributed by atoms with E-state index in [0.29, 0.717) is 17.4 Å². The van der Waals surface area contributed by atoms with Crippen molar-refractivity contribution < 1.29 is 0 Å². The molecule has 0 aliphatic heterocycles. The van der Waals surface area contributed by atoms with Gasteiger partial charge >= 0.3 is 0 Å². The van der Waals surface area contributed by atoms with E-state index in [9.17, 15) is 0 Å². The largest absolute Gasteiger partial charge is 0.387 e. The zero-order valence-corrected chi connectivity index (χ0v) is 10.8. The molecule has 0 aromatic rings. The van der Waals surface area contributed by atoms with Crippen LogP contribution in [0.5, 0.6) is 0 Å². The monoisotopic (exact) mass is 222 g/mol. The fourth-order valence-electron chi connectivity index (χ4n) is 3.31. The average molecular weight is 222 g/mol. The predicted octanol–water partition coefficient (Wildman–Crippen LogP) is 3.50. The van der Waals surface area contributed by atoms with Gasteiger partial charge in [0.25, 0.3) is 0 Å². The molecule has 0 amide bonds. The van der Waals surface area contributed by atoms with Gasteiger partial charge in [-0.1, -0.05) is 33.1 Å². The number of hydrogen-bond donors (Lipinski definition) is 1. The van der Waals surface area contributed by atoms with Crippen LogP contribution in [0.15, 0.2) is 4.99 Å². The summed E-state index contributed by atoms with van der Waals surface area (Å²) in [7, 11) is 0. The molecule has 2 heteroatoms. The Morgan fingerprint density at radius 1 is 1.12 bits per heavy atom. The summed E-state index contributed by atoms with van der Waals surface area (Å²) in [6.07, 6.45) is 10.4. The van der Waals surface area contributed by atoms with Crippen molar-refractivity contribution in [3.63, 3.8) is 0 Å². The minimum atomic E-state index is 0.475. The highest BCUT2D eigenvalue weighted by Gasteiger charge is 2.28. The molecular weight excluding hydrogens is 196 g/mol. The molecule has 0 spiro atoms. The van der Waals surface area contributed by atoms with Gasteiger partial charge in [-0.15, -0.1) is 0 Å². The fraction of sp³-hybridized carbons (Fsp3) is 0.929. The molecule has 2 rings (SSSR count). The molecule has 0 heterocycles. The third-order valence-corrected chi connectivity index (χ3v) is 4.28. The molecule has 0 bridgehead atoms. The van der Waals surface area contributed by atoms with Crippen LogP contribution in [-0.2, 0) is 0 Å². The molecule has 2 aliphatic carbocycles. The maximum Gasteiger partial charge on any atom is 0.0971 e. The summed E-state index contributed by atoms with van der Waals surface area (Å²) in [5, 5.41) is 0. The normalized spacial score (nSPS) is 31.9. The van der Waals surface area contributed by atoms with Gasteiger partial charge in [0.15, 0.2) is 0 Å². The summed E-state index contributed by atoms with van der Waals surface area (Å²) in [4.78, 5) is 4.81. The van der Waals surface area contributed by atoms with Crippen LogP contribution in [0.25, 0.3) is 0 Å². The van der Waals surface area contributed by atoms with Crippen LogP contribution in [0.4, 0.5) is 0 Å². The van der Waals surface area contributed by atoms with E-state index in [1.165, 1.54) is 51.4 Å². The summed E-state index contributed by atoms with van der Waals surface area (Å²) < 4.78 is 0. The van der Waals surface area contributed by atoms with Gasteiger partial charge in [-0.05, 0) is 37.5 Å². The van der Waals surface area contributed by atoms with E-state index in [1.807, 2.05) is 0 Å². The second-order valence-electron chi connectivity index (χ2n) is 6.45. The molecule has 1 unspecified atom stereocenters. The molecule has 0 aromatic heterocycles. The lowest BCUT2D eigenvalue weighted by Gasteiger charge is -2.33. The van der Waals surface area contributed by atoms with Crippen molar-refractivity contribution in [2.45, 2.75) is 71.3 Å². The number of rotatable bonds is 2. The topological polar surface area (TPSA) is 38.4 Å². The van der Waals surface area contributed by atoms with Crippen molar-refractivity contribution in [1.29, 1.82) is 0 Å². The second kappa shape index (κ2) is 4.77. The van der Waals surface area contributed by atoms with Crippen molar-refractivity contribution in [1.82, 2.24) is 0 Å². The maximum absolute atomic E-state index is 6.15. The van der Waals surface area contributed by atoms with Crippen molar-refractivity contribution >= 4 is 5.84 Å². The van der Waals surface area contributed by atoms with Crippen LogP contribution in [-0.4, -0.2) is 11.9 Å². The highest BCUT2D eigenvalue weighted by molar-refractivity contribution is 5.83. The summed E-state index contributed by atoms with van der Waals surface area (Å²) in [6, 6.07) is 0.504. The number of nitrogens with zero attached hydrogens (tertiary/aromatic N) is 1. The molecule has 0 aromatic carbocycles. The number of amidine groups is 1. The highest BCUT2D eigenvalue weighted by atomic mass is 14.9. The average Bonchev–Trinajstić information content (AvgIpc) is 2.68. The summed E-state index contributed by atoms with van der Waals surface area (Å²) >= 11 is 0.